The van der Waals surface area contributed by atoms with Crippen molar-refractivity contribution in [1.29, 1.82) is 0 Å². The zero-order chi connectivity index (χ0) is 13.7. The first kappa shape index (κ1) is 13.6. The second kappa shape index (κ2) is 6.40. The number of thioether (sulfide) groups is 1. The summed E-state index contributed by atoms with van der Waals surface area (Å²) in [5.74, 6) is -1.01. The summed E-state index contributed by atoms with van der Waals surface area (Å²) >= 11 is 3.00. The van der Waals surface area contributed by atoms with Gasteiger partial charge in [0.25, 0.3) is 0 Å². The number of hydrogen-bond donors (Lipinski definition) is 2. The van der Waals surface area contributed by atoms with Gasteiger partial charge in [-0.05, 0) is 23.6 Å². The molecule has 0 atom stereocenters. The zero-order valence-corrected chi connectivity index (χ0v) is 11.5. The van der Waals surface area contributed by atoms with Gasteiger partial charge in [-0.2, -0.15) is 0 Å². The third kappa shape index (κ3) is 3.84. The highest BCUT2D eigenvalue weighted by Gasteiger charge is 2.11. The number of hydrogen-bond acceptors (Lipinski definition) is 4. The zero-order valence-electron chi connectivity index (χ0n) is 9.83. The van der Waals surface area contributed by atoms with Gasteiger partial charge in [0.1, 0.15) is 0 Å². The number of anilines is 1. The fourth-order valence-corrected chi connectivity index (χ4v) is 3.03. The van der Waals surface area contributed by atoms with E-state index in [4.69, 9.17) is 5.11 Å². The van der Waals surface area contributed by atoms with Gasteiger partial charge < -0.3 is 10.4 Å². The van der Waals surface area contributed by atoms with Crippen LogP contribution in [-0.4, -0.2) is 22.7 Å². The van der Waals surface area contributed by atoms with E-state index >= 15 is 0 Å². The Labute approximate surface area is 118 Å². The van der Waals surface area contributed by atoms with Crippen LogP contribution in [0.1, 0.15) is 10.4 Å². The minimum atomic E-state index is -1.05. The number of para-hydroxylation sites is 1. The van der Waals surface area contributed by atoms with Gasteiger partial charge >= 0.3 is 5.97 Å². The molecule has 0 radical (unpaired) electrons. The van der Waals surface area contributed by atoms with Crippen LogP contribution < -0.4 is 5.32 Å². The number of amides is 1. The Bertz CT molecular complexity index is 581. The van der Waals surface area contributed by atoms with Crippen molar-refractivity contribution in [2.24, 2.45) is 0 Å². The summed E-state index contributed by atoms with van der Waals surface area (Å²) < 4.78 is 1.06. The van der Waals surface area contributed by atoms with E-state index in [-0.39, 0.29) is 17.2 Å². The monoisotopic (exact) mass is 293 g/mol. The fraction of sp³-hybridized carbons (Fsp3) is 0.0769. The summed E-state index contributed by atoms with van der Waals surface area (Å²) in [4.78, 5) is 22.8. The highest BCUT2D eigenvalue weighted by molar-refractivity contribution is 8.01. The van der Waals surface area contributed by atoms with E-state index in [1.165, 1.54) is 17.8 Å². The van der Waals surface area contributed by atoms with Gasteiger partial charge in [0.15, 0.2) is 0 Å². The first-order valence-electron chi connectivity index (χ1n) is 5.45. The number of carbonyl (C=O) groups excluding carboxylic acids is 1. The van der Waals surface area contributed by atoms with Gasteiger partial charge in [0.2, 0.25) is 5.91 Å². The SMILES string of the molecule is O=C(CSc1cccs1)Nc1ccccc1C(=O)O. The molecule has 2 N–H and O–H groups in total. The van der Waals surface area contributed by atoms with Crippen molar-refractivity contribution in [1.82, 2.24) is 0 Å². The number of thiophene rings is 1. The van der Waals surface area contributed by atoms with Crippen LogP contribution in [-0.2, 0) is 4.79 Å². The normalized spacial score (nSPS) is 10.1. The van der Waals surface area contributed by atoms with Gasteiger partial charge in [0, 0.05) is 0 Å². The summed E-state index contributed by atoms with van der Waals surface area (Å²) in [7, 11) is 0. The molecule has 1 aromatic carbocycles. The third-order valence-corrected chi connectivity index (χ3v) is 4.40. The lowest BCUT2D eigenvalue weighted by molar-refractivity contribution is -0.113. The molecule has 0 bridgehead atoms. The van der Waals surface area contributed by atoms with Crippen LogP contribution in [0.2, 0.25) is 0 Å². The van der Waals surface area contributed by atoms with Crippen LogP contribution in [0.5, 0.6) is 0 Å². The second-order valence-corrected chi connectivity index (χ2v) is 5.84. The Morgan fingerprint density at radius 1 is 1.21 bits per heavy atom. The van der Waals surface area contributed by atoms with Crippen LogP contribution in [0, 0.1) is 0 Å². The first-order chi connectivity index (χ1) is 9.16. The van der Waals surface area contributed by atoms with Crippen molar-refractivity contribution in [3.05, 3.63) is 47.3 Å². The molecule has 2 aromatic rings. The molecule has 98 valence electrons. The molecule has 0 aliphatic heterocycles. The molecule has 1 amide bonds. The Hall–Kier alpha value is -1.79. The smallest absolute Gasteiger partial charge is 0.337 e. The maximum absolute atomic E-state index is 11.8. The van der Waals surface area contributed by atoms with Gasteiger partial charge in [0.05, 0.1) is 21.2 Å². The van der Waals surface area contributed by atoms with E-state index in [0.29, 0.717) is 5.69 Å². The fourth-order valence-electron chi connectivity index (χ4n) is 1.45. The Morgan fingerprint density at radius 2 is 2.00 bits per heavy atom. The molecule has 1 aromatic heterocycles. The molecule has 0 unspecified atom stereocenters. The molecule has 0 spiro atoms. The molecule has 4 nitrogen and oxygen atoms in total. The molecule has 6 heteroatoms. The highest BCUT2D eigenvalue weighted by atomic mass is 32.2. The van der Waals surface area contributed by atoms with Crippen molar-refractivity contribution >= 4 is 40.7 Å². The molecule has 0 aliphatic carbocycles. The van der Waals surface area contributed by atoms with Gasteiger partial charge in [-0.3, -0.25) is 4.79 Å². The number of carboxylic acid groups (broad SMARTS) is 1. The number of rotatable bonds is 5. The lowest BCUT2D eigenvalue weighted by atomic mass is 10.2. The van der Waals surface area contributed by atoms with E-state index in [9.17, 15) is 9.59 Å². The quantitative estimate of drug-likeness (QED) is 0.831. The summed E-state index contributed by atoms with van der Waals surface area (Å²) in [5.41, 5.74) is 0.420. The molecule has 1 heterocycles. The number of benzene rings is 1. The molecule has 19 heavy (non-hydrogen) atoms. The average molecular weight is 293 g/mol. The Kier molecular flexibility index (Phi) is 4.59. The van der Waals surface area contributed by atoms with Gasteiger partial charge in [-0.25, -0.2) is 4.79 Å². The van der Waals surface area contributed by atoms with Gasteiger partial charge in [-0.15, -0.1) is 23.1 Å². The Morgan fingerprint density at radius 3 is 2.68 bits per heavy atom. The predicted molar refractivity (Wildman–Crippen MR) is 77.1 cm³/mol. The number of carbonyl (C=O) groups is 2. The molecule has 0 saturated carbocycles. The van der Waals surface area contributed by atoms with Crippen LogP contribution in [0.3, 0.4) is 0 Å². The number of aromatic carboxylic acids is 1. The van der Waals surface area contributed by atoms with Crippen molar-refractivity contribution in [2.45, 2.75) is 4.21 Å². The minimum Gasteiger partial charge on any atom is -0.478 e. The summed E-state index contributed by atoms with van der Waals surface area (Å²) in [6, 6.07) is 10.2. The van der Waals surface area contributed by atoms with Crippen molar-refractivity contribution in [3.63, 3.8) is 0 Å². The van der Waals surface area contributed by atoms with E-state index in [1.807, 2.05) is 17.5 Å². The van der Waals surface area contributed by atoms with E-state index in [2.05, 4.69) is 5.32 Å². The van der Waals surface area contributed by atoms with Crippen LogP contribution in [0.25, 0.3) is 0 Å². The number of carboxylic acids is 1. The van der Waals surface area contributed by atoms with E-state index < -0.39 is 5.97 Å². The van der Waals surface area contributed by atoms with Crippen LogP contribution in [0.15, 0.2) is 46.0 Å². The van der Waals surface area contributed by atoms with Crippen molar-refractivity contribution in [2.75, 3.05) is 11.1 Å². The maximum atomic E-state index is 11.8. The summed E-state index contributed by atoms with van der Waals surface area (Å²) in [6.45, 7) is 0. The molecule has 0 aliphatic rings. The molecule has 0 saturated heterocycles. The first-order valence-corrected chi connectivity index (χ1v) is 7.32. The lowest BCUT2D eigenvalue weighted by Gasteiger charge is -2.07. The topological polar surface area (TPSA) is 66.4 Å². The summed E-state index contributed by atoms with van der Waals surface area (Å²) in [5, 5.41) is 13.6. The molecule has 0 fully saturated rings. The van der Waals surface area contributed by atoms with E-state index in [0.717, 1.165) is 4.21 Å². The molecule has 2 rings (SSSR count). The number of nitrogens with one attached hydrogen (secondary N) is 1. The molecular weight excluding hydrogens is 282 g/mol. The second-order valence-electron chi connectivity index (χ2n) is 3.62. The minimum absolute atomic E-state index is 0.0944. The lowest BCUT2D eigenvalue weighted by Crippen LogP contribution is -2.16. The third-order valence-electron chi connectivity index (χ3n) is 2.27. The summed E-state index contributed by atoms with van der Waals surface area (Å²) in [6.07, 6.45) is 0. The Balaban J connectivity index is 1.97. The van der Waals surface area contributed by atoms with Crippen LogP contribution >= 0.6 is 23.1 Å². The van der Waals surface area contributed by atoms with Gasteiger partial charge in [-0.1, -0.05) is 18.2 Å². The van der Waals surface area contributed by atoms with Crippen LogP contribution in [0.4, 0.5) is 5.69 Å². The largest absolute Gasteiger partial charge is 0.478 e. The predicted octanol–water partition coefficient (Wildman–Crippen LogP) is 3.18. The van der Waals surface area contributed by atoms with E-state index in [1.54, 1.807) is 29.5 Å². The average Bonchev–Trinajstić information content (AvgIpc) is 2.90. The van der Waals surface area contributed by atoms with Crippen molar-refractivity contribution in [3.8, 4) is 0 Å². The highest BCUT2D eigenvalue weighted by Crippen LogP contribution is 2.23. The standard InChI is InChI=1S/C13H11NO3S2/c15-11(8-19-12-6-3-7-18-12)14-10-5-2-1-4-9(10)13(16)17/h1-7H,8H2,(H,14,15)(H,16,17). The maximum Gasteiger partial charge on any atom is 0.337 e. The van der Waals surface area contributed by atoms with Crippen molar-refractivity contribution < 1.29 is 14.7 Å². The molecular formula is C13H11NO3S2.